The van der Waals surface area contributed by atoms with Crippen molar-refractivity contribution in [2.24, 2.45) is 0 Å². The molecule has 1 saturated heterocycles. The normalized spacial score (nSPS) is 26.1. The molecular weight excluding hydrogens is 304 g/mol. The van der Waals surface area contributed by atoms with Gasteiger partial charge in [-0.2, -0.15) is 8.42 Å². The largest absolute Gasteiger partial charge is 0.394 e. The van der Waals surface area contributed by atoms with Gasteiger partial charge in [-0.15, -0.1) is 0 Å². The summed E-state index contributed by atoms with van der Waals surface area (Å²) in [6, 6.07) is 0. The van der Waals surface area contributed by atoms with Gasteiger partial charge in [0.05, 0.1) is 12.9 Å². The van der Waals surface area contributed by atoms with Crippen molar-refractivity contribution < 1.29 is 22.4 Å². The summed E-state index contributed by atoms with van der Waals surface area (Å²) >= 11 is 0. The maximum Gasteiger partial charge on any atom is 0.330 e. The van der Waals surface area contributed by atoms with Crippen molar-refractivity contribution in [3.63, 3.8) is 0 Å². The summed E-state index contributed by atoms with van der Waals surface area (Å²) in [6.45, 7) is 1.07. The molecule has 0 amide bonds. The highest BCUT2D eigenvalue weighted by molar-refractivity contribution is 7.86. The Morgan fingerprint density at radius 2 is 2.19 bits per heavy atom. The molecule has 0 saturated carbocycles. The second-order valence-corrected chi connectivity index (χ2v) is 6.47. The molecular formula is C11H16N2O7S. The predicted octanol–water partition coefficient (Wildman–Crippen LogP) is -1.53. The van der Waals surface area contributed by atoms with Crippen LogP contribution in [0, 0.1) is 6.92 Å². The van der Waals surface area contributed by atoms with Gasteiger partial charge in [-0.1, -0.05) is 0 Å². The minimum Gasteiger partial charge on any atom is -0.394 e. The van der Waals surface area contributed by atoms with E-state index in [9.17, 15) is 23.1 Å². The highest BCUT2D eigenvalue weighted by Crippen LogP contribution is 2.30. The number of H-pyrrole nitrogens is 1. The number of ether oxygens (including phenoxy) is 1. The van der Waals surface area contributed by atoms with Gasteiger partial charge >= 0.3 is 5.69 Å². The Labute approximate surface area is 120 Å². The molecule has 0 bridgehead atoms. The number of aromatic amines is 1. The van der Waals surface area contributed by atoms with Gasteiger partial charge < -0.3 is 9.84 Å². The van der Waals surface area contributed by atoms with E-state index in [0.29, 0.717) is 5.56 Å². The van der Waals surface area contributed by atoms with E-state index < -0.39 is 46.4 Å². The molecule has 1 fully saturated rings. The first kappa shape index (κ1) is 15.9. The van der Waals surface area contributed by atoms with Crippen LogP contribution in [-0.4, -0.2) is 48.1 Å². The van der Waals surface area contributed by atoms with Crippen LogP contribution in [-0.2, 0) is 19.0 Å². The molecule has 21 heavy (non-hydrogen) atoms. The molecule has 0 radical (unpaired) electrons. The van der Waals surface area contributed by atoms with Gasteiger partial charge in [-0.3, -0.25) is 18.5 Å². The lowest BCUT2D eigenvalue weighted by Gasteiger charge is -2.15. The maximum atomic E-state index is 11.8. The van der Waals surface area contributed by atoms with Gasteiger partial charge in [0.1, 0.15) is 18.4 Å². The van der Waals surface area contributed by atoms with Crippen molar-refractivity contribution in [2.75, 3.05) is 12.9 Å². The van der Waals surface area contributed by atoms with E-state index in [-0.39, 0.29) is 6.42 Å². The number of aryl methyl sites for hydroxylation is 1. The summed E-state index contributed by atoms with van der Waals surface area (Å²) < 4.78 is 33.8. The molecule has 10 heteroatoms. The van der Waals surface area contributed by atoms with Crippen LogP contribution >= 0.6 is 0 Å². The van der Waals surface area contributed by atoms with Crippen molar-refractivity contribution in [1.82, 2.24) is 9.55 Å². The summed E-state index contributed by atoms with van der Waals surface area (Å²) in [5.41, 5.74) is -0.865. The van der Waals surface area contributed by atoms with Crippen LogP contribution < -0.4 is 11.2 Å². The average Bonchev–Trinajstić information content (AvgIpc) is 2.74. The van der Waals surface area contributed by atoms with E-state index >= 15 is 0 Å². The van der Waals surface area contributed by atoms with Gasteiger partial charge in [-0.25, -0.2) is 4.79 Å². The summed E-state index contributed by atoms with van der Waals surface area (Å²) in [4.78, 5) is 25.2. The molecule has 0 aliphatic carbocycles. The molecule has 118 valence electrons. The second-order valence-electron chi connectivity index (χ2n) is 4.86. The third kappa shape index (κ3) is 3.59. The Hall–Kier alpha value is -1.49. The summed E-state index contributed by atoms with van der Waals surface area (Å²) in [7, 11) is -3.72. The number of aliphatic hydroxyl groups excluding tert-OH is 1. The number of hydrogen-bond donors (Lipinski definition) is 2. The van der Waals surface area contributed by atoms with Crippen molar-refractivity contribution in [1.29, 1.82) is 0 Å². The zero-order chi connectivity index (χ0) is 15.8. The topological polar surface area (TPSA) is 128 Å². The molecule has 9 nitrogen and oxygen atoms in total. The summed E-state index contributed by atoms with van der Waals surface area (Å²) in [6.07, 6.45) is -0.312. The van der Waals surface area contributed by atoms with E-state index in [1.54, 1.807) is 0 Å². The van der Waals surface area contributed by atoms with Gasteiger partial charge in [0, 0.05) is 18.2 Å². The molecule has 2 N–H and O–H groups in total. The predicted molar refractivity (Wildman–Crippen MR) is 71.4 cm³/mol. The summed E-state index contributed by atoms with van der Waals surface area (Å²) in [5.74, 6) is 0. The average molecular weight is 320 g/mol. The van der Waals surface area contributed by atoms with Gasteiger partial charge in [0.25, 0.3) is 15.7 Å². The number of aliphatic hydroxyl groups is 1. The van der Waals surface area contributed by atoms with Crippen LogP contribution in [0.3, 0.4) is 0 Å². The van der Waals surface area contributed by atoms with Crippen LogP contribution in [0.2, 0.25) is 0 Å². The Balaban J connectivity index is 2.29. The zero-order valence-corrected chi connectivity index (χ0v) is 12.3. The summed E-state index contributed by atoms with van der Waals surface area (Å²) in [5, 5.41) is 9.22. The minimum atomic E-state index is -3.72. The number of nitrogens with zero attached hydrogens (tertiary/aromatic N) is 1. The molecule has 0 spiro atoms. The molecule has 3 atom stereocenters. The Kier molecular flexibility index (Phi) is 4.33. The van der Waals surface area contributed by atoms with E-state index in [2.05, 4.69) is 4.98 Å². The molecule has 1 aliphatic heterocycles. The molecule has 1 aromatic heterocycles. The lowest BCUT2D eigenvalue weighted by molar-refractivity contribution is -0.0413. The first-order valence-electron chi connectivity index (χ1n) is 6.18. The Morgan fingerprint density at radius 3 is 2.76 bits per heavy atom. The van der Waals surface area contributed by atoms with Crippen molar-refractivity contribution in [3.8, 4) is 0 Å². The molecule has 1 aromatic rings. The molecule has 0 aromatic carbocycles. The fourth-order valence-electron chi connectivity index (χ4n) is 2.16. The molecule has 1 aliphatic rings. The van der Waals surface area contributed by atoms with E-state index in [4.69, 9.17) is 8.92 Å². The third-order valence-corrected chi connectivity index (χ3v) is 3.71. The first-order valence-corrected chi connectivity index (χ1v) is 7.99. The van der Waals surface area contributed by atoms with Gasteiger partial charge in [-0.05, 0) is 6.92 Å². The Morgan fingerprint density at radius 1 is 1.52 bits per heavy atom. The third-order valence-electron chi connectivity index (χ3n) is 3.11. The van der Waals surface area contributed by atoms with E-state index in [1.165, 1.54) is 13.1 Å². The monoisotopic (exact) mass is 320 g/mol. The molecule has 0 unspecified atom stereocenters. The van der Waals surface area contributed by atoms with Crippen molar-refractivity contribution >= 4 is 10.1 Å². The smallest absolute Gasteiger partial charge is 0.330 e. The maximum absolute atomic E-state index is 11.8. The lowest BCUT2D eigenvalue weighted by Crippen LogP contribution is -2.33. The fraction of sp³-hybridized carbons (Fsp3) is 0.636. The van der Waals surface area contributed by atoms with Crippen LogP contribution in [0.15, 0.2) is 15.8 Å². The SMILES string of the molecule is Cc1cn([C@H]2C[C@H](OS(C)(=O)=O)[C@@H](CO)O2)c(=O)[nH]c1=O. The number of hydrogen-bond acceptors (Lipinski definition) is 7. The van der Waals surface area contributed by atoms with Crippen molar-refractivity contribution in [3.05, 3.63) is 32.6 Å². The van der Waals surface area contributed by atoms with Gasteiger partial charge in [0.15, 0.2) is 0 Å². The van der Waals surface area contributed by atoms with Crippen LogP contribution in [0.5, 0.6) is 0 Å². The number of aromatic nitrogens is 2. The van der Waals surface area contributed by atoms with E-state index in [1.807, 2.05) is 0 Å². The highest BCUT2D eigenvalue weighted by Gasteiger charge is 2.39. The van der Waals surface area contributed by atoms with Crippen LogP contribution in [0.4, 0.5) is 0 Å². The minimum absolute atomic E-state index is 0.0592. The quantitative estimate of drug-likeness (QED) is 0.644. The highest BCUT2D eigenvalue weighted by atomic mass is 32.2. The molecule has 2 heterocycles. The second kappa shape index (κ2) is 5.72. The van der Waals surface area contributed by atoms with Crippen LogP contribution in [0.25, 0.3) is 0 Å². The lowest BCUT2D eigenvalue weighted by atomic mass is 10.2. The Bertz CT molecular complexity index is 736. The van der Waals surface area contributed by atoms with Crippen LogP contribution in [0.1, 0.15) is 18.2 Å². The van der Waals surface area contributed by atoms with E-state index in [0.717, 1.165) is 10.8 Å². The number of nitrogens with one attached hydrogen (secondary N) is 1. The van der Waals surface area contributed by atoms with Gasteiger partial charge in [0.2, 0.25) is 0 Å². The molecule has 2 rings (SSSR count). The zero-order valence-electron chi connectivity index (χ0n) is 11.5. The standard InChI is InChI=1S/C11H16N2O7S/c1-6-4-13(11(16)12-10(6)15)9-3-7(8(5-14)19-9)20-21(2,17)18/h4,7-9,14H,3,5H2,1-2H3,(H,12,15,16)/t7-,8+,9+/m0/s1. The number of rotatable bonds is 4. The first-order chi connectivity index (χ1) is 9.71. The van der Waals surface area contributed by atoms with Crippen molar-refractivity contribution in [2.45, 2.75) is 31.8 Å². The fourth-order valence-corrected chi connectivity index (χ4v) is 2.81.